The van der Waals surface area contributed by atoms with Gasteiger partial charge in [-0.15, -0.1) is 0 Å². The van der Waals surface area contributed by atoms with E-state index < -0.39 is 5.60 Å². The van der Waals surface area contributed by atoms with Crippen LogP contribution in [0.25, 0.3) is 22.2 Å². The maximum absolute atomic E-state index is 9.94. The second-order valence-electron chi connectivity index (χ2n) is 5.40. The second kappa shape index (κ2) is 4.24. The molecular formula is C15H16N2O2. The van der Waals surface area contributed by atoms with Gasteiger partial charge < -0.3 is 14.1 Å². The second-order valence-corrected chi connectivity index (χ2v) is 5.40. The molecule has 0 amide bonds. The maximum Gasteiger partial charge on any atom is 0.0980 e. The third-order valence-electron chi connectivity index (χ3n) is 3.03. The first kappa shape index (κ1) is 12.0. The molecule has 2 aromatic heterocycles. The predicted octanol–water partition coefficient (Wildman–Crippen LogP) is 3.07. The highest BCUT2D eigenvalue weighted by Crippen LogP contribution is 2.25. The van der Waals surface area contributed by atoms with Crippen LogP contribution in [0, 0.1) is 0 Å². The SMILES string of the molecule is CC(C)(O)Cn1cnc2ccc(-c3ccoc3)cc21. The molecule has 1 aromatic carbocycles. The fourth-order valence-corrected chi connectivity index (χ4v) is 2.21. The number of aliphatic hydroxyl groups is 1. The van der Waals surface area contributed by atoms with E-state index >= 15 is 0 Å². The molecule has 0 fully saturated rings. The van der Waals surface area contributed by atoms with Crippen LogP contribution in [0.4, 0.5) is 0 Å². The molecule has 0 radical (unpaired) electrons. The predicted molar refractivity (Wildman–Crippen MR) is 73.7 cm³/mol. The summed E-state index contributed by atoms with van der Waals surface area (Å²) in [5, 5.41) is 9.94. The van der Waals surface area contributed by atoms with Gasteiger partial charge in [0.2, 0.25) is 0 Å². The van der Waals surface area contributed by atoms with Crippen molar-refractivity contribution in [3.05, 3.63) is 43.1 Å². The molecule has 3 aromatic rings. The topological polar surface area (TPSA) is 51.2 Å². The molecule has 98 valence electrons. The van der Waals surface area contributed by atoms with Crippen molar-refractivity contribution in [2.24, 2.45) is 0 Å². The molecule has 0 spiro atoms. The average molecular weight is 256 g/mol. The summed E-state index contributed by atoms with van der Waals surface area (Å²) >= 11 is 0. The van der Waals surface area contributed by atoms with Gasteiger partial charge in [0.05, 0.1) is 42.0 Å². The number of benzene rings is 1. The summed E-state index contributed by atoms with van der Waals surface area (Å²) in [7, 11) is 0. The maximum atomic E-state index is 9.94. The van der Waals surface area contributed by atoms with Crippen molar-refractivity contribution in [2.45, 2.75) is 26.0 Å². The first-order chi connectivity index (χ1) is 9.03. The Labute approximate surface area is 111 Å². The van der Waals surface area contributed by atoms with Gasteiger partial charge in [-0.05, 0) is 37.6 Å². The zero-order valence-corrected chi connectivity index (χ0v) is 11.0. The van der Waals surface area contributed by atoms with Crippen LogP contribution >= 0.6 is 0 Å². The Balaban J connectivity index is 2.08. The fourth-order valence-electron chi connectivity index (χ4n) is 2.21. The normalized spacial score (nSPS) is 12.2. The van der Waals surface area contributed by atoms with E-state index in [1.54, 1.807) is 32.7 Å². The van der Waals surface area contributed by atoms with Crippen LogP contribution in [0.1, 0.15) is 13.8 Å². The summed E-state index contributed by atoms with van der Waals surface area (Å²) < 4.78 is 7.08. The number of hydrogen-bond acceptors (Lipinski definition) is 3. The number of aromatic nitrogens is 2. The van der Waals surface area contributed by atoms with E-state index in [-0.39, 0.29) is 0 Å². The molecule has 4 nitrogen and oxygen atoms in total. The van der Waals surface area contributed by atoms with Gasteiger partial charge in [0.1, 0.15) is 0 Å². The molecule has 0 aliphatic heterocycles. The van der Waals surface area contributed by atoms with E-state index in [2.05, 4.69) is 11.1 Å². The molecular weight excluding hydrogens is 240 g/mol. The lowest BCUT2D eigenvalue weighted by Gasteiger charge is -2.18. The minimum absolute atomic E-state index is 0.512. The zero-order valence-electron chi connectivity index (χ0n) is 11.0. The number of nitrogens with zero attached hydrogens (tertiary/aromatic N) is 2. The summed E-state index contributed by atoms with van der Waals surface area (Å²) in [6.45, 7) is 4.09. The lowest BCUT2D eigenvalue weighted by Crippen LogP contribution is -2.25. The fraction of sp³-hybridized carbons (Fsp3) is 0.267. The molecule has 3 rings (SSSR count). The van der Waals surface area contributed by atoms with E-state index in [4.69, 9.17) is 4.42 Å². The minimum atomic E-state index is -0.765. The van der Waals surface area contributed by atoms with Gasteiger partial charge in [0.15, 0.2) is 0 Å². The van der Waals surface area contributed by atoms with Gasteiger partial charge in [-0.1, -0.05) is 6.07 Å². The van der Waals surface area contributed by atoms with E-state index in [0.717, 1.165) is 22.2 Å². The highest BCUT2D eigenvalue weighted by atomic mass is 16.3. The highest BCUT2D eigenvalue weighted by Gasteiger charge is 2.15. The molecule has 0 bridgehead atoms. The van der Waals surface area contributed by atoms with Gasteiger partial charge in [0.25, 0.3) is 0 Å². The van der Waals surface area contributed by atoms with Gasteiger partial charge >= 0.3 is 0 Å². The van der Waals surface area contributed by atoms with Crippen LogP contribution in [-0.2, 0) is 6.54 Å². The Kier molecular flexibility index (Phi) is 2.68. The molecule has 0 saturated carbocycles. The van der Waals surface area contributed by atoms with Crippen molar-refractivity contribution in [2.75, 3.05) is 0 Å². The smallest absolute Gasteiger partial charge is 0.0980 e. The standard InChI is InChI=1S/C15H16N2O2/c1-15(2,18)9-17-10-16-13-4-3-11(7-14(13)17)12-5-6-19-8-12/h3-8,10,18H,9H2,1-2H3. The lowest BCUT2D eigenvalue weighted by molar-refractivity contribution is 0.0627. The zero-order chi connectivity index (χ0) is 13.5. The number of fused-ring (bicyclic) bond motifs is 1. The molecule has 0 aliphatic carbocycles. The molecule has 0 unspecified atom stereocenters. The van der Waals surface area contributed by atoms with Crippen molar-refractivity contribution >= 4 is 11.0 Å². The Morgan fingerprint density at radius 3 is 2.79 bits per heavy atom. The van der Waals surface area contributed by atoms with Gasteiger partial charge in [0, 0.05) is 5.56 Å². The number of imidazole rings is 1. The van der Waals surface area contributed by atoms with Crippen LogP contribution < -0.4 is 0 Å². The van der Waals surface area contributed by atoms with E-state index in [0.29, 0.717) is 6.54 Å². The average Bonchev–Trinajstić information content (AvgIpc) is 2.96. The molecule has 0 aliphatic rings. The quantitative estimate of drug-likeness (QED) is 0.783. The van der Waals surface area contributed by atoms with Crippen LogP contribution in [0.3, 0.4) is 0 Å². The Bertz CT molecular complexity index is 691. The number of hydrogen-bond donors (Lipinski definition) is 1. The summed E-state index contributed by atoms with van der Waals surface area (Å²) in [6, 6.07) is 8.00. The van der Waals surface area contributed by atoms with Gasteiger partial charge in [-0.3, -0.25) is 0 Å². The Morgan fingerprint density at radius 2 is 2.11 bits per heavy atom. The largest absolute Gasteiger partial charge is 0.472 e. The molecule has 0 atom stereocenters. The number of rotatable bonds is 3. The molecule has 4 heteroatoms. The first-order valence-corrected chi connectivity index (χ1v) is 6.23. The first-order valence-electron chi connectivity index (χ1n) is 6.23. The van der Waals surface area contributed by atoms with Gasteiger partial charge in [-0.25, -0.2) is 4.98 Å². The lowest BCUT2D eigenvalue weighted by atomic mass is 10.1. The van der Waals surface area contributed by atoms with E-state index in [1.807, 2.05) is 22.8 Å². The van der Waals surface area contributed by atoms with Crippen LogP contribution in [0.5, 0.6) is 0 Å². The molecule has 0 saturated heterocycles. The van der Waals surface area contributed by atoms with Crippen LogP contribution in [0.15, 0.2) is 47.5 Å². The van der Waals surface area contributed by atoms with Crippen molar-refractivity contribution < 1.29 is 9.52 Å². The summed E-state index contributed by atoms with van der Waals surface area (Å²) in [4.78, 5) is 4.35. The number of furan rings is 1. The van der Waals surface area contributed by atoms with Crippen molar-refractivity contribution in [1.29, 1.82) is 0 Å². The minimum Gasteiger partial charge on any atom is -0.472 e. The Hall–Kier alpha value is -2.07. The summed E-state index contributed by atoms with van der Waals surface area (Å²) in [5.74, 6) is 0. The van der Waals surface area contributed by atoms with Crippen LogP contribution in [0.2, 0.25) is 0 Å². The van der Waals surface area contributed by atoms with E-state index in [1.165, 1.54) is 0 Å². The van der Waals surface area contributed by atoms with Gasteiger partial charge in [-0.2, -0.15) is 0 Å². The summed E-state index contributed by atoms with van der Waals surface area (Å²) in [6.07, 6.45) is 5.15. The van der Waals surface area contributed by atoms with E-state index in [9.17, 15) is 5.11 Å². The van der Waals surface area contributed by atoms with Crippen LogP contribution in [-0.4, -0.2) is 20.3 Å². The highest BCUT2D eigenvalue weighted by molar-refractivity contribution is 5.81. The van der Waals surface area contributed by atoms with Crippen molar-refractivity contribution in [3.8, 4) is 11.1 Å². The third-order valence-corrected chi connectivity index (χ3v) is 3.03. The molecule has 2 heterocycles. The molecule has 19 heavy (non-hydrogen) atoms. The summed E-state index contributed by atoms with van der Waals surface area (Å²) in [5.41, 5.74) is 3.30. The van der Waals surface area contributed by atoms with Crippen molar-refractivity contribution in [3.63, 3.8) is 0 Å². The Morgan fingerprint density at radius 1 is 1.26 bits per heavy atom. The molecule has 1 N–H and O–H groups in total. The van der Waals surface area contributed by atoms with Crippen molar-refractivity contribution in [1.82, 2.24) is 9.55 Å². The monoisotopic (exact) mass is 256 g/mol. The third kappa shape index (κ3) is 2.39.